The molecule has 7 heteroatoms. The van der Waals surface area contributed by atoms with Gasteiger partial charge in [0.2, 0.25) is 5.75 Å². The maximum atomic E-state index is 13.4. The minimum absolute atomic E-state index is 0.0577. The lowest BCUT2D eigenvalue weighted by Gasteiger charge is -2.19. The molecule has 0 saturated carbocycles. The molecule has 0 saturated heterocycles. The van der Waals surface area contributed by atoms with Crippen molar-refractivity contribution in [1.82, 2.24) is 4.57 Å². The normalized spacial score (nSPS) is 11.9. The minimum atomic E-state index is -0.450. The van der Waals surface area contributed by atoms with Gasteiger partial charge in [-0.2, -0.15) is 0 Å². The number of aryl methyl sites for hydroxylation is 1. The Kier molecular flexibility index (Phi) is 9.09. The summed E-state index contributed by atoms with van der Waals surface area (Å²) in [5, 5.41) is 12.0. The standard InChI is InChI=1S/C24H34N2O5/c1-6-8-13-25-21-15-19(26(28)29)10-11-20(21)22(30-14-12-17(3)4)23(24(25)27)31-16-18(5)9-7-2/h10-12,15,18H,6-9,13-14,16H2,1-5H3. The van der Waals surface area contributed by atoms with E-state index in [9.17, 15) is 14.9 Å². The summed E-state index contributed by atoms with van der Waals surface area (Å²) in [6, 6.07) is 4.54. The number of ether oxygens (including phenoxy) is 2. The van der Waals surface area contributed by atoms with Gasteiger partial charge in [-0.05, 0) is 44.7 Å². The number of nitro groups is 1. The number of rotatable bonds is 12. The SMILES string of the molecule is CCCCn1c(=O)c(OCC(C)CCC)c(OCC=C(C)C)c2ccc([N+](=O)[O-])cc21. The molecule has 7 nitrogen and oxygen atoms in total. The van der Waals surface area contributed by atoms with Crippen molar-refractivity contribution in [2.24, 2.45) is 5.92 Å². The second-order valence-electron chi connectivity index (χ2n) is 8.22. The van der Waals surface area contributed by atoms with Gasteiger partial charge in [-0.3, -0.25) is 14.9 Å². The molecule has 0 radical (unpaired) electrons. The van der Waals surface area contributed by atoms with Gasteiger partial charge in [0.25, 0.3) is 11.2 Å². The van der Waals surface area contributed by atoms with Crippen LogP contribution in [0, 0.1) is 16.0 Å². The molecule has 0 spiro atoms. The molecule has 0 aliphatic heterocycles. The van der Waals surface area contributed by atoms with E-state index in [4.69, 9.17) is 9.47 Å². The second-order valence-corrected chi connectivity index (χ2v) is 8.22. The largest absolute Gasteiger partial charge is 0.485 e. The van der Waals surface area contributed by atoms with E-state index < -0.39 is 4.92 Å². The molecule has 1 aromatic carbocycles. The highest BCUT2D eigenvalue weighted by Gasteiger charge is 2.22. The lowest BCUT2D eigenvalue weighted by Crippen LogP contribution is -2.25. The van der Waals surface area contributed by atoms with Crippen molar-refractivity contribution in [3.05, 3.63) is 50.3 Å². The topological polar surface area (TPSA) is 83.6 Å². The summed E-state index contributed by atoms with van der Waals surface area (Å²) in [5.74, 6) is 0.832. The lowest BCUT2D eigenvalue weighted by atomic mass is 10.1. The predicted octanol–water partition coefficient (Wildman–Crippen LogP) is 5.87. The van der Waals surface area contributed by atoms with Gasteiger partial charge in [0.05, 0.1) is 17.0 Å². The van der Waals surface area contributed by atoms with Gasteiger partial charge < -0.3 is 14.0 Å². The predicted molar refractivity (Wildman–Crippen MR) is 124 cm³/mol. The smallest absolute Gasteiger partial charge is 0.297 e. The fourth-order valence-electron chi connectivity index (χ4n) is 3.40. The third-order valence-corrected chi connectivity index (χ3v) is 5.12. The van der Waals surface area contributed by atoms with E-state index in [-0.39, 0.29) is 23.6 Å². The molecule has 170 valence electrons. The first kappa shape index (κ1) is 24.4. The Balaban J connectivity index is 2.68. The minimum Gasteiger partial charge on any atom is -0.485 e. The van der Waals surface area contributed by atoms with Gasteiger partial charge in [-0.25, -0.2) is 0 Å². The Bertz CT molecular complexity index is 990. The number of hydrogen-bond acceptors (Lipinski definition) is 5. The van der Waals surface area contributed by atoms with E-state index in [1.54, 1.807) is 10.6 Å². The van der Waals surface area contributed by atoms with Crippen LogP contribution in [0.15, 0.2) is 34.6 Å². The average molecular weight is 431 g/mol. The van der Waals surface area contributed by atoms with Crippen LogP contribution in [0.4, 0.5) is 5.69 Å². The molecule has 0 aliphatic rings. The first-order valence-corrected chi connectivity index (χ1v) is 11.0. The molecule has 1 atom stereocenters. The Morgan fingerprint density at radius 1 is 1.19 bits per heavy atom. The fourth-order valence-corrected chi connectivity index (χ4v) is 3.40. The molecular weight excluding hydrogens is 396 g/mol. The van der Waals surface area contributed by atoms with Crippen LogP contribution in [-0.2, 0) is 6.54 Å². The van der Waals surface area contributed by atoms with Crippen LogP contribution < -0.4 is 15.0 Å². The summed E-state index contributed by atoms with van der Waals surface area (Å²) < 4.78 is 13.6. The first-order chi connectivity index (χ1) is 14.8. The average Bonchev–Trinajstić information content (AvgIpc) is 2.72. The monoisotopic (exact) mass is 430 g/mol. The highest BCUT2D eigenvalue weighted by molar-refractivity contribution is 5.89. The van der Waals surface area contributed by atoms with Gasteiger partial charge in [0, 0.05) is 24.1 Å². The zero-order valence-corrected chi connectivity index (χ0v) is 19.3. The second kappa shape index (κ2) is 11.5. The number of fused-ring (bicyclic) bond motifs is 1. The van der Waals surface area contributed by atoms with Crippen molar-refractivity contribution in [3.8, 4) is 11.5 Å². The Morgan fingerprint density at radius 3 is 2.55 bits per heavy atom. The van der Waals surface area contributed by atoms with Gasteiger partial charge in [-0.1, -0.05) is 39.2 Å². The van der Waals surface area contributed by atoms with Crippen LogP contribution in [0.1, 0.15) is 60.3 Å². The van der Waals surface area contributed by atoms with Crippen molar-refractivity contribution >= 4 is 16.6 Å². The first-order valence-electron chi connectivity index (χ1n) is 11.0. The summed E-state index contributed by atoms with van der Waals surface area (Å²) >= 11 is 0. The molecule has 0 bridgehead atoms. The highest BCUT2D eigenvalue weighted by atomic mass is 16.6. The molecule has 0 fully saturated rings. The van der Waals surface area contributed by atoms with Crippen LogP contribution in [0.25, 0.3) is 10.9 Å². The quantitative estimate of drug-likeness (QED) is 0.239. The molecular formula is C24H34N2O5. The van der Waals surface area contributed by atoms with Crippen molar-refractivity contribution in [1.29, 1.82) is 0 Å². The summed E-state index contributed by atoms with van der Waals surface area (Å²) in [7, 11) is 0. The van der Waals surface area contributed by atoms with Crippen molar-refractivity contribution in [2.75, 3.05) is 13.2 Å². The van der Waals surface area contributed by atoms with Crippen LogP contribution in [0.5, 0.6) is 11.5 Å². The van der Waals surface area contributed by atoms with Crippen LogP contribution in [-0.4, -0.2) is 22.7 Å². The van der Waals surface area contributed by atoms with Crippen LogP contribution >= 0.6 is 0 Å². The van der Waals surface area contributed by atoms with Gasteiger partial charge in [-0.15, -0.1) is 0 Å². The van der Waals surface area contributed by atoms with Crippen LogP contribution in [0.3, 0.4) is 0 Å². The van der Waals surface area contributed by atoms with Crippen molar-refractivity contribution < 1.29 is 14.4 Å². The number of non-ortho nitro benzene ring substituents is 1. The molecule has 31 heavy (non-hydrogen) atoms. The number of pyridine rings is 1. The maximum absolute atomic E-state index is 13.4. The van der Waals surface area contributed by atoms with E-state index in [0.29, 0.717) is 35.7 Å². The maximum Gasteiger partial charge on any atom is 0.297 e. The van der Waals surface area contributed by atoms with E-state index >= 15 is 0 Å². The van der Waals surface area contributed by atoms with Gasteiger partial charge in [0.15, 0.2) is 5.75 Å². The molecule has 0 amide bonds. The molecule has 1 aromatic heterocycles. The van der Waals surface area contributed by atoms with E-state index in [1.807, 2.05) is 26.8 Å². The summed E-state index contributed by atoms with van der Waals surface area (Å²) in [4.78, 5) is 24.3. The number of benzene rings is 1. The fraction of sp³-hybridized carbons (Fsp3) is 0.542. The van der Waals surface area contributed by atoms with E-state index in [0.717, 1.165) is 31.3 Å². The molecule has 2 aromatic rings. The number of nitro benzene ring substituents is 1. The zero-order chi connectivity index (χ0) is 23.0. The Labute approximate surface area is 183 Å². The number of aromatic nitrogens is 1. The number of unbranched alkanes of at least 4 members (excludes halogenated alkanes) is 1. The molecule has 1 unspecified atom stereocenters. The van der Waals surface area contributed by atoms with E-state index in [1.165, 1.54) is 12.1 Å². The molecule has 1 heterocycles. The molecule has 2 rings (SSSR count). The Morgan fingerprint density at radius 2 is 1.94 bits per heavy atom. The molecule has 0 N–H and O–H groups in total. The Hall–Kier alpha value is -2.83. The number of hydrogen-bond donors (Lipinski definition) is 0. The third kappa shape index (κ3) is 6.32. The summed E-state index contributed by atoms with van der Waals surface area (Å²) in [5.41, 5.74) is 1.22. The van der Waals surface area contributed by atoms with E-state index in [2.05, 4.69) is 13.8 Å². The lowest BCUT2D eigenvalue weighted by molar-refractivity contribution is -0.384. The van der Waals surface area contributed by atoms with Crippen LogP contribution in [0.2, 0.25) is 0 Å². The molecule has 0 aliphatic carbocycles. The van der Waals surface area contributed by atoms with Gasteiger partial charge >= 0.3 is 0 Å². The summed E-state index contributed by atoms with van der Waals surface area (Å²) in [6.45, 7) is 11.3. The summed E-state index contributed by atoms with van der Waals surface area (Å²) in [6.07, 6.45) is 5.63. The highest BCUT2D eigenvalue weighted by Crippen LogP contribution is 2.35. The van der Waals surface area contributed by atoms with Gasteiger partial charge in [0.1, 0.15) is 6.61 Å². The zero-order valence-electron chi connectivity index (χ0n) is 19.3. The number of allylic oxidation sites excluding steroid dienone is 1. The third-order valence-electron chi connectivity index (χ3n) is 5.12. The van der Waals surface area contributed by atoms with Crippen molar-refractivity contribution in [2.45, 2.75) is 66.8 Å². The number of nitrogens with zero attached hydrogens (tertiary/aromatic N) is 2. The van der Waals surface area contributed by atoms with Crippen molar-refractivity contribution in [3.63, 3.8) is 0 Å².